The first-order valence-electron chi connectivity index (χ1n) is 5.12. The quantitative estimate of drug-likeness (QED) is 0.673. The number of rotatable bonds is 5. The topological polar surface area (TPSA) is 94.0 Å². The Labute approximate surface area is 106 Å². The Morgan fingerprint density at radius 2 is 2.18 bits per heavy atom. The lowest BCUT2D eigenvalue weighted by atomic mass is 10.0. The van der Waals surface area contributed by atoms with Crippen LogP contribution in [0.5, 0.6) is 0 Å². The molecule has 5 nitrogen and oxygen atoms in total. The Morgan fingerprint density at radius 1 is 1.53 bits per heavy atom. The highest BCUT2D eigenvalue weighted by atomic mass is 32.1. The Morgan fingerprint density at radius 3 is 2.71 bits per heavy atom. The highest BCUT2D eigenvalue weighted by Crippen LogP contribution is 2.16. The maximum Gasteiger partial charge on any atom is 0.219 e. The van der Waals surface area contributed by atoms with Crippen molar-refractivity contribution in [1.82, 2.24) is 4.98 Å². The summed E-state index contributed by atoms with van der Waals surface area (Å²) in [7, 11) is 0. The molecule has 6 heteroatoms. The van der Waals surface area contributed by atoms with Gasteiger partial charge in [0.05, 0.1) is 0 Å². The summed E-state index contributed by atoms with van der Waals surface area (Å²) in [5, 5.41) is 3.12. The molecule has 0 saturated heterocycles. The van der Waals surface area contributed by atoms with Crippen molar-refractivity contribution in [2.45, 2.75) is 25.8 Å². The molecule has 5 N–H and O–H groups in total. The third-order valence-electron chi connectivity index (χ3n) is 2.13. The zero-order chi connectivity index (χ0) is 13.1. The summed E-state index contributed by atoms with van der Waals surface area (Å²) in [5.74, 6) is 0.245. The molecule has 0 aliphatic rings. The van der Waals surface area contributed by atoms with Gasteiger partial charge in [-0.15, -0.1) is 0 Å². The van der Waals surface area contributed by atoms with E-state index in [4.69, 9.17) is 23.7 Å². The zero-order valence-electron chi connectivity index (χ0n) is 9.86. The minimum Gasteiger partial charge on any atom is -0.389 e. The first-order chi connectivity index (χ1) is 7.80. The summed E-state index contributed by atoms with van der Waals surface area (Å²) in [5.41, 5.74) is 11.0. The van der Waals surface area contributed by atoms with Crippen LogP contribution in [0.1, 0.15) is 25.8 Å². The standard InChI is InChI=1S/C11H16N4OS/c1-11(2,6-8(12)16)15-9-5-7(10(13)17)3-4-14-9/h3-5H,6H2,1-2H3,(H2,12,16)(H2,13,17)(H,14,15). The van der Waals surface area contributed by atoms with Gasteiger partial charge in [0.1, 0.15) is 10.8 Å². The molecule has 0 radical (unpaired) electrons. The molecule has 0 aliphatic heterocycles. The number of nitrogens with zero attached hydrogens (tertiary/aromatic N) is 1. The number of amides is 1. The SMILES string of the molecule is CC(C)(CC(N)=O)Nc1cc(C(N)=S)ccn1. The van der Waals surface area contributed by atoms with Crippen molar-refractivity contribution in [2.75, 3.05) is 5.32 Å². The van der Waals surface area contributed by atoms with Crippen LogP contribution in [0.25, 0.3) is 0 Å². The van der Waals surface area contributed by atoms with Crippen LogP contribution in [0.15, 0.2) is 18.3 Å². The second kappa shape index (κ2) is 5.09. The summed E-state index contributed by atoms with van der Waals surface area (Å²) in [4.78, 5) is 15.3. The summed E-state index contributed by atoms with van der Waals surface area (Å²) < 4.78 is 0. The van der Waals surface area contributed by atoms with Gasteiger partial charge >= 0.3 is 0 Å². The Balaban J connectivity index is 2.84. The molecule has 0 aliphatic carbocycles. The van der Waals surface area contributed by atoms with Crippen LogP contribution in [0.4, 0.5) is 5.82 Å². The van der Waals surface area contributed by atoms with E-state index in [-0.39, 0.29) is 12.3 Å². The van der Waals surface area contributed by atoms with E-state index in [2.05, 4.69) is 10.3 Å². The number of anilines is 1. The van der Waals surface area contributed by atoms with E-state index in [0.717, 1.165) is 5.56 Å². The lowest BCUT2D eigenvalue weighted by Crippen LogP contribution is -2.36. The summed E-state index contributed by atoms with van der Waals surface area (Å²) in [6, 6.07) is 3.47. The maximum absolute atomic E-state index is 10.9. The van der Waals surface area contributed by atoms with Crippen LogP contribution < -0.4 is 16.8 Å². The van der Waals surface area contributed by atoms with Gasteiger partial charge in [0, 0.05) is 23.7 Å². The molecule has 0 atom stereocenters. The monoisotopic (exact) mass is 252 g/mol. The van der Waals surface area contributed by atoms with E-state index in [1.165, 1.54) is 0 Å². The third kappa shape index (κ3) is 4.36. The van der Waals surface area contributed by atoms with Crippen molar-refractivity contribution in [3.8, 4) is 0 Å². The summed E-state index contributed by atoms with van der Waals surface area (Å²) in [6.07, 6.45) is 1.82. The molecular formula is C11H16N4OS. The number of carbonyl (C=O) groups is 1. The number of primary amides is 1. The van der Waals surface area contributed by atoms with Crippen molar-refractivity contribution in [3.05, 3.63) is 23.9 Å². The normalized spacial score (nSPS) is 10.9. The van der Waals surface area contributed by atoms with Crippen LogP contribution in [0, 0.1) is 0 Å². The van der Waals surface area contributed by atoms with Crippen LogP contribution in [-0.4, -0.2) is 21.4 Å². The van der Waals surface area contributed by atoms with Gasteiger partial charge in [0.25, 0.3) is 0 Å². The number of hydrogen-bond acceptors (Lipinski definition) is 4. The van der Waals surface area contributed by atoms with Crippen molar-refractivity contribution in [3.63, 3.8) is 0 Å². The second-order valence-corrected chi connectivity index (χ2v) is 4.89. The average molecular weight is 252 g/mol. The molecule has 0 spiro atoms. The molecule has 1 heterocycles. The van der Waals surface area contributed by atoms with Crippen LogP contribution >= 0.6 is 12.2 Å². The van der Waals surface area contributed by atoms with E-state index >= 15 is 0 Å². The van der Waals surface area contributed by atoms with Gasteiger partial charge in [-0.05, 0) is 26.0 Å². The summed E-state index contributed by atoms with van der Waals surface area (Å²) >= 11 is 4.88. The fourth-order valence-electron chi connectivity index (χ4n) is 1.48. The molecule has 0 unspecified atom stereocenters. The van der Waals surface area contributed by atoms with E-state index in [0.29, 0.717) is 10.8 Å². The first kappa shape index (κ1) is 13.4. The fourth-order valence-corrected chi connectivity index (χ4v) is 1.61. The molecule has 92 valence electrons. The van der Waals surface area contributed by atoms with E-state index < -0.39 is 5.54 Å². The largest absolute Gasteiger partial charge is 0.389 e. The number of nitrogens with two attached hydrogens (primary N) is 2. The Bertz CT molecular complexity index is 445. The molecule has 0 aromatic carbocycles. The summed E-state index contributed by atoms with van der Waals surface area (Å²) in [6.45, 7) is 3.74. The minimum absolute atomic E-state index is 0.214. The average Bonchev–Trinajstić information content (AvgIpc) is 2.14. The molecular weight excluding hydrogens is 236 g/mol. The number of pyridine rings is 1. The lowest BCUT2D eigenvalue weighted by molar-refractivity contribution is -0.118. The third-order valence-corrected chi connectivity index (χ3v) is 2.36. The number of hydrogen-bond donors (Lipinski definition) is 3. The van der Waals surface area contributed by atoms with Gasteiger partial charge in [-0.25, -0.2) is 4.98 Å². The van der Waals surface area contributed by atoms with Gasteiger partial charge in [-0.3, -0.25) is 4.79 Å². The van der Waals surface area contributed by atoms with Crippen molar-refractivity contribution in [2.24, 2.45) is 11.5 Å². The predicted octanol–water partition coefficient (Wildman–Crippen LogP) is 0.782. The number of aromatic nitrogens is 1. The van der Waals surface area contributed by atoms with Crippen LogP contribution in [-0.2, 0) is 4.79 Å². The lowest BCUT2D eigenvalue weighted by Gasteiger charge is -2.25. The minimum atomic E-state index is -0.465. The second-order valence-electron chi connectivity index (χ2n) is 4.45. The highest BCUT2D eigenvalue weighted by molar-refractivity contribution is 7.80. The van der Waals surface area contributed by atoms with Gasteiger partial charge in [0.15, 0.2) is 0 Å². The molecule has 17 heavy (non-hydrogen) atoms. The Kier molecular flexibility index (Phi) is 4.01. The molecule has 1 amide bonds. The van der Waals surface area contributed by atoms with E-state index in [1.807, 2.05) is 13.8 Å². The maximum atomic E-state index is 10.9. The Hall–Kier alpha value is -1.69. The molecule has 1 rings (SSSR count). The number of nitrogens with one attached hydrogen (secondary N) is 1. The molecule has 1 aromatic heterocycles. The predicted molar refractivity (Wildman–Crippen MR) is 71.6 cm³/mol. The number of carbonyl (C=O) groups excluding carboxylic acids is 1. The molecule has 1 aromatic rings. The van der Waals surface area contributed by atoms with Gasteiger partial charge in [-0.2, -0.15) is 0 Å². The highest BCUT2D eigenvalue weighted by Gasteiger charge is 2.20. The van der Waals surface area contributed by atoms with Crippen molar-refractivity contribution in [1.29, 1.82) is 0 Å². The molecule has 0 bridgehead atoms. The van der Waals surface area contributed by atoms with E-state index in [9.17, 15) is 4.79 Å². The molecule has 0 saturated carbocycles. The smallest absolute Gasteiger partial charge is 0.219 e. The van der Waals surface area contributed by atoms with Gasteiger partial charge in [-0.1, -0.05) is 12.2 Å². The fraction of sp³-hybridized carbons (Fsp3) is 0.364. The van der Waals surface area contributed by atoms with Crippen molar-refractivity contribution < 1.29 is 4.79 Å². The number of thiocarbonyl (C=S) groups is 1. The van der Waals surface area contributed by atoms with Gasteiger partial charge < -0.3 is 16.8 Å². The van der Waals surface area contributed by atoms with Gasteiger partial charge in [0.2, 0.25) is 5.91 Å². The zero-order valence-corrected chi connectivity index (χ0v) is 10.7. The van der Waals surface area contributed by atoms with Crippen molar-refractivity contribution >= 4 is 28.9 Å². The van der Waals surface area contributed by atoms with Crippen LogP contribution in [0.3, 0.4) is 0 Å². The van der Waals surface area contributed by atoms with E-state index in [1.54, 1.807) is 18.3 Å². The first-order valence-corrected chi connectivity index (χ1v) is 5.53. The molecule has 0 fully saturated rings. The van der Waals surface area contributed by atoms with Crippen LogP contribution in [0.2, 0.25) is 0 Å².